The molecule has 3 nitrogen and oxygen atoms in total. The SMILES string of the molecule is OCC1CCN(c2ncc(Cl)cc2F)CC1. The zero-order valence-corrected chi connectivity index (χ0v) is 9.62. The topological polar surface area (TPSA) is 36.4 Å². The van der Waals surface area contributed by atoms with Crippen molar-refractivity contribution in [2.75, 3.05) is 24.6 Å². The highest BCUT2D eigenvalue weighted by atomic mass is 35.5. The summed E-state index contributed by atoms with van der Waals surface area (Å²) >= 11 is 5.65. The van der Waals surface area contributed by atoms with Crippen molar-refractivity contribution in [2.24, 2.45) is 5.92 Å². The van der Waals surface area contributed by atoms with Crippen molar-refractivity contribution >= 4 is 17.4 Å². The van der Waals surface area contributed by atoms with Crippen LogP contribution in [0.5, 0.6) is 0 Å². The Labute approximate surface area is 98.9 Å². The van der Waals surface area contributed by atoms with E-state index in [2.05, 4.69) is 4.98 Å². The second-order valence-electron chi connectivity index (χ2n) is 4.07. The minimum absolute atomic E-state index is 0.213. The molecule has 1 aromatic heterocycles. The maximum atomic E-state index is 13.6. The van der Waals surface area contributed by atoms with Gasteiger partial charge in [-0.3, -0.25) is 0 Å². The van der Waals surface area contributed by atoms with Crippen LogP contribution in [0.2, 0.25) is 5.02 Å². The molecule has 0 aliphatic carbocycles. The fourth-order valence-electron chi connectivity index (χ4n) is 1.97. The minimum Gasteiger partial charge on any atom is -0.396 e. The zero-order valence-electron chi connectivity index (χ0n) is 8.87. The van der Waals surface area contributed by atoms with Crippen molar-refractivity contribution in [3.63, 3.8) is 0 Å². The van der Waals surface area contributed by atoms with Gasteiger partial charge in [-0.05, 0) is 24.8 Å². The predicted octanol–water partition coefficient (Wildman–Crippen LogP) is 2.08. The van der Waals surface area contributed by atoms with E-state index in [0.29, 0.717) is 16.8 Å². The maximum Gasteiger partial charge on any atom is 0.167 e. The smallest absolute Gasteiger partial charge is 0.167 e. The van der Waals surface area contributed by atoms with Crippen LogP contribution in [0.1, 0.15) is 12.8 Å². The minimum atomic E-state index is -0.380. The number of nitrogens with zero attached hydrogens (tertiary/aromatic N) is 2. The monoisotopic (exact) mass is 244 g/mol. The van der Waals surface area contributed by atoms with E-state index in [9.17, 15) is 4.39 Å². The maximum absolute atomic E-state index is 13.6. The molecule has 0 aromatic carbocycles. The molecule has 2 heterocycles. The van der Waals surface area contributed by atoms with Gasteiger partial charge in [-0.25, -0.2) is 9.37 Å². The molecule has 1 aliphatic heterocycles. The van der Waals surface area contributed by atoms with Gasteiger partial charge in [0.25, 0.3) is 0 Å². The average molecular weight is 245 g/mol. The zero-order chi connectivity index (χ0) is 11.5. The quantitative estimate of drug-likeness (QED) is 0.866. The normalized spacial score (nSPS) is 17.8. The van der Waals surface area contributed by atoms with Gasteiger partial charge in [-0.1, -0.05) is 11.6 Å². The fourth-order valence-corrected chi connectivity index (χ4v) is 2.11. The van der Waals surface area contributed by atoms with Gasteiger partial charge in [-0.2, -0.15) is 0 Å². The van der Waals surface area contributed by atoms with Crippen molar-refractivity contribution in [2.45, 2.75) is 12.8 Å². The van der Waals surface area contributed by atoms with Crippen molar-refractivity contribution < 1.29 is 9.50 Å². The van der Waals surface area contributed by atoms with E-state index in [0.717, 1.165) is 25.9 Å². The Balaban J connectivity index is 2.08. The summed E-state index contributed by atoms with van der Waals surface area (Å²) in [7, 11) is 0. The van der Waals surface area contributed by atoms with E-state index in [1.807, 2.05) is 4.90 Å². The van der Waals surface area contributed by atoms with Crippen LogP contribution in [0.4, 0.5) is 10.2 Å². The van der Waals surface area contributed by atoms with Crippen molar-refractivity contribution in [3.8, 4) is 0 Å². The van der Waals surface area contributed by atoms with Crippen LogP contribution in [0.25, 0.3) is 0 Å². The lowest BCUT2D eigenvalue weighted by molar-refractivity contribution is 0.202. The number of halogens is 2. The number of pyridine rings is 1. The predicted molar refractivity (Wildman–Crippen MR) is 61.2 cm³/mol. The average Bonchev–Trinajstić information content (AvgIpc) is 2.29. The summed E-state index contributed by atoms with van der Waals surface area (Å²) in [5.41, 5.74) is 0. The number of rotatable bonds is 2. The molecular weight excluding hydrogens is 231 g/mol. The molecule has 0 amide bonds. The molecule has 1 fully saturated rings. The summed E-state index contributed by atoms with van der Waals surface area (Å²) < 4.78 is 13.6. The third kappa shape index (κ3) is 2.44. The van der Waals surface area contributed by atoms with Crippen LogP contribution in [0.3, 0.4) is 0 Å². The van der Waals surface area contributed by atoms with Gasteiger partial charge in [0, 0.05) is 25.9 Å². The van der Waals surface area contributed by atoms with E-state index < -0.39 is 0 Å². The summed E-state index contributed by atoms with van der Waals surface area (Å²) in [6.45, 7) is 1.68. The Morgan fingerprint density at radius 3 is 2.75 bits per heavy atom. The summed E-state index contributed by atoms with van der Waals surface area (Å²) in [6.07, 6.45) is 3.21. The summed E-state index contributed by atoms with van der Waals surface area (Å²) in [5, 5.41) is 9.32. The van der Waals surface area contributed by atoms with Crippen molar-refractivity contribution in [1.29, 1.82) is 0 Å². The van der Waals surface area contributed by atoms with Gasteiger partial charge < -0.3 is 10.0 Å². The van der Waals surface area contributed by atoms with E-state index in [1.54, 1.807) is 0 Å². The Hall–Kier alpha value is -0.870. The van der Waals surface area contributed by atoms with Crippen molar-refractivity contribution in [3.05, 3.63) is 23.1 Å². The highest BCUT2D eigenvalue weighted by Gasteiger charge is 2.21. The molecule has 16 heavy (non-hydrogen) atoms. The number of hydrogen-bond acceptors (Lipinski definition) is 3. The Morgan fingerprint density at radius 2 is 2.19 bits per heavy atom. The number of aromatic nitrogens is 1. The van der Waals surface area contributed by atoms with E-state index >= 15 is 0 Å². The van der Waals surface area contributed by atoms with Gasteiger partial charge in [-0.15, -0.1) is 0 Å². The number of hydrogen-bond donors (Lipinski definition) is 1. The van der Waals surface area contributed by atoms with Crippen LogP contribution in [0.15, 0.2) is 12.3 Å². The lowest BCUT2D eigenvalue weighted by atomic mass is 9.98. The molecule has 0 bridgehead atoms. The first-order valence-corrected chi connectivity index (χ1v) is 5.75. The van der Waals surface area contributed by atoms with Crippen LogP contribution in [-0.2, 0) is 0 Å². The van der Waals surface area contributed by atoms with E-state index in [-0.39, 0.29) is 12.4 Å². The second-order valence-corrected chi connectivity index (χ2v) is 4.51. The lowest BCUT2D eigenvalue weighted by Gasteiger charge is -2.32. The number of anilines is 1. The second kappa shape index (κ2) is 4.97. The molecule has 0 radical (unpaired) electrons. The van der Waals surface area contributed by atoms with Gasteiger partial charge in [0.2, 0.25) is 0 Å². The molecule has 5 heteroatoms. The fraction of sp³-hybridized carbons (Fsp3) is 0.545. The Morgan fingerprint density at radius 1 is 1.50 bits per heavy atom. The van der Waals surface area contributed by atoms with Gasteiger partial charge in [0.05, 0.1) is 5.02 Å². The standard InChI is InChI=1S/C11H14ClFN2O/c12-9-5-10(13)11(14-6-9)15-3-1-8(7-16)2-4-15/h5-6,8,16H,1-4,7H2. The molecule has 88 valence electrons. The summed E-state index contributed by atoms with van der Waals surface area (Å²) in [5.74, 6) is 0.322. The molecule has 0 unspecified atom stereocenters. The third-order valence-corrected chi connectivity index (χ3v) is 3.17. The van der Waals surface area contributed by atoms with Crippen LogP contribution in [-0.4, -0.2) is 29.8 Å². The molecule has 1 aromatic rings. The number of aliphatic hydroxyl groups excluding tert-OH is 1. The molecule has 0 spiro atoms. The first-order valence-electron chi connectivity index (χ1n) is 5.37. The van der Waals surface area contributed by atoms with Gasteiger partial charge in [0.1, 0.15) is 0 Å². The molecule has 0 saturated carbocycles. The highest BCUT2D eigenvalue weighted by Crippen LogP contribution is 2.24. The molecule has 1 N–H and O–H groups in total. The molecular formula is C11H14ClFN2O. The van der Waals surface area contributed by atoms with Crippen LogP contribution < -0.4 is 4.90 Å². The third-order valence-electron chi connectivity index (χ3n) is 2.96. The Kier molecular flexibility index (Phi) is 3.61. The first-order chi connectivity index (χ1) is 7.70. The van der Waals surface area contributed by atoms with Gasteiger partial charge >= 0.3 is 0 Å². The van der Waals surface area contributed by atoms with E-state index in [1.165, 1.54) is 12.3 Å². The molecule has 2 rings (SSSR count). The molecule has 1 saturated heterocycles. The van der Waals surface area contributed by atoms with Crippen LogP contribution >= 0.6 is 11.6 Å². The molecule has 1 aliphatic rings. The first kappa shape index (κ1) is 11.6. The van der Waals surface area contributed by atoms with Gasteiger partial charge in [0.15, 0.2) is 11.6 Å². The molecule has 0 atom stereocenters. The lowest BCUT2D eigenvalue weighted by Crippen LogP contribution is -2.35. The Bertz CT molecular complexity index is 367. The number of piperidine rings is 1. The highest BCUT2D eigenvalue weighted by molar-refractivity contribution is 6.30. The number of aliphatic hydroxyl groups is 1. The largest absolute Gasteiger partial charge is 0.396 e. The summed E-state index contributed by atoms with van der Waals surface area (Å²) in [4.78, 5) is 5.91. The van der Waals surface area contributed by atoms with Crippen LogP contribution in [0, 0.1) is 11.7 Å². The summed E-state index contributed by atoms with van der Waals surface area (Å²) in [6, 6.07) is 1.28. The van der Waals surface area contributed by atoms with E-state index in [4.69, 9.17) is 16.7 Å². The van der Waals surface area contributed by atoms with Crippen molar-refractivity contribution in [1.82, 2.24) is 4.98 Å².